The molecule has 1 aromatic heterocycles. The number of benzene rings is 1. The number of thiophene rings is 1. The average molecular weight is 370 g/mol. The van der Waals surface area contributed by atoms with Gasteiger partial charge in [0.2, 0.25) is 0 Å². The van der Waals surface area contributed by atoms with Crippen LogP contribution in [0.5, 0.6) is 0 Å². The molecule has 2 aromatic rings. The molecule has 2 N–H and O–H groups in total. The van der Waals surface area contributed by atoms with Gasteiger partial charge < -0.3 is 10.6 Å². The smallest absolute Gasteiger partial charge is 0.343 e. The Hall–Kier alpha value is -2.35. The summed E-state index contributed by atoms with van der Waals surface area (Å²) in [5.74, 6) is -1.15. The SMILES string of the molecule is CCc1ccsc1C(=O)Nc1cc(C(=O)NCC(F)(F)F)ccc1C. The summed E-state index contributed by atoms with van der Waals surface area (Å²) in [6, 6.07) is 6.23. The normalized spacial score (nSPS) is 11.2. The Morgan fingerprint density at radius 1 is 1.16 bits per heavy atom. The van der Waals surface area contributed by atoms with E-state index >= 15 is 0 Å². The summed E-state index contributed by atoms with van der Waals surface area (Å²) in [7, 11) is 0. The highest BCUT2D eigenvalue weighted by atomic mass is 32.1. The fraction of sp³-hybridized carbons (Fsp3) is 0.294. The number of hydrogen-bond donors (Lipinski definition) is 2. The van der Waals surface area contributed by atoms with E-state index in [1.165, 1.54) is 23.5 Å². The summed E-state index contributed by atoms with van der Waals surface area (Å²) in [5.41, 5.74) is 2.06. The summed E-state index contributed by atoms with van der Waals surface area (Å²) in [6.45, 7) is 2.27. The quantitative estimate of drug-likeness (QED) is 0.830. The highest BCUT2D eigenvalue weighted by Gasteiger charge is 2.28. The van der Waals surface area contributed by atoms with Gasteiger partial charge in [0.25, 0.3) is 11.8 Å². The molecule has 0 aliphatic carbocycles. The first-order valence-corrected chi connectivity index (χ1v) is 8.42. The minimum absolute atomic E-state index is 0.0482. The molecule has 0 aliphatic heterocycles. The van der Waals surface area contributed by atoms with Crippen LogP contribution >= 0.6 is 11.3 Å². The Kier molecular flexibility index (Phi) is 5.84. The van der Waals surface area contributed by atoms with Crippen molar-refractivity contribution in [2.75, 3.05) is 11.9 Å². The summed E-state index contributed by atoms with van der Waals surface area (Å²) in [6.07, 6.45) is -3.77. The standard InChI is InChI=1S/C17H17F3N2O2S/c1-3-11-6-7-25-14(11)16(24)22-13-8-12(5-4-10(13)2)15(23)21-9-17(18,19)20/h4-8H,3,9H2,1-2H3,(H,21,23)(H,22,24). The molecule has 4 nitrogen and oxygen atoms in total. The third kappa shape index (κ3) is 5.06. The van der Waals surface area contributed by atoms with E-state index in [2.05, 4.69) is 5.32 Å². The van der Waals surface area contributed by atoms with Crippen molar-refractivity contribution in [2.45, 2.75) is 26.4 Å². The van der Waals surface area contributed by atoms with Gasteiger partial charge in [-0.05, 0) is 48.1 Å². The molecule has 1 heterocycles. The highest BCUT2D eigenvalue weighted by molar-refractivity contribution is 7.12. The molecule has 0 radical (unpaired) electrons. The molecule has 8 heteroatoms. The van der Waals surface area contributed by atoms with Gasteiger partial charge in [-0.15, -0.1) is 11.3 Å². The monoisotopic (exact) mass is 370 g/mol. The Balaban J connectivity index is 2.16. The Morgan fingerprint density at radius 2 is 1.88 bits per heavy atom. The van der Waals surface area contributed by atoms with E-state index in [1.54, 1.807) is 13.0 Å². The molecule has 2 amide bonds. The first-order chi connectivity index (χ1) is 11.7. The van der Waals surface area contributed by atoms with E-state index in [0.29, 0.717) is 22.5 Å². The third-order valence-electron chi connectivity index (χ3n) is 3.53. The predicted molar refractivity (Wildman–Crippen MR) is 91.2 cm³/mol. The Labute approximate surface area is 147 Å². The van der Waals surface area contributed by atoms with Crippen molar-refractivity contribution < 1.29 is 22.8 Å². The zero-order valence-electron chi connectivity index (χ0n) is 13.7. The number of hydrogen-bond acceptors (Lipinski definition) is 3. The summed E-state index contributed by atoms with van der Waals surface area (Å²) in [4.78, 5) is 24.8. The number of anilines is 1. The predicted octanol–water partition coefficient (Wildman–Crippen LogP) is 4.16. The zero-order chi connectivity index (χ0) is 18.6. The first-order valence-electron chi connectivity index (χ1n) is 7.54. The molecule has 0 aliphatic rings. The second kappa shape index (κ2) is 7.69. The van der Waals surface area contributed by atoms with Gasteiger partial charge in [0.05, 0.1) is 4.88 Å². The maximum absolute atomic E-state index is 12.4. The van der Waals surface area contributed by atoms with E-state index in [1.807, 2.05) is 23.7 Å². The molecule has 2 rings (SSSR count). The molecule has 0 bridgehead atoms. The number of amides is 2. The molecule has 0 spiro atoms. The van der Waals surface area contributed by atoms with Crippen LogP contribution in [0, 0.1) is 6.92 Å². The summed E-state index contributed by atoms with van der Waals surface area (Å²) in [5, 5.41) is 6.36. The second-order valence-electron chi connectivity index (χ2n) is 5.41. The lowest BCUT2D eigenvalue weighted by atomic mass is 10.1. The van der Waals surface area contributed by atoms with Gasteiger partial charge in [0.15, 0.2) is 0 Å². The fourth-order valence-electron chi connectivity index (χ4n) is 2.17. The van der Waals surface area contributed by atoms with Crippen LogP contribution in [-0.2, 0) is 6.42 Å². The summed E-state index contributed by atoms with van der Waals surface area (Å²) < 4.78 is 36.6. The maximum Gasteiger partial charge on any atom is 0.405 e. The van der Waals surface area contributed by atoms with E-state index in [-0.39, 0.29) is 11.5 Å². The summed E-state index contributed by atoms with van der Waals surface area (Å²) >= 11 is 1.31. The van der Waals surface area contributed by atoms with E-state index in [4.69, 9.17) is 0 Å². The number of nitrogens with one attached hydrogen (secondary N) is 2. The van der Waals surface area contributed by atoms with Crippen LogP contribution in [0.1, 0.15) is 38.1 Å². The van der Waals surface area contributed by atoms with Crippen LogP contribution in [0.2, 0.25) is 0 Å². The molecular formula is C17H17F3N2O2S. The van der Waals surface area contributed by atoms with E-state index in [0.717, 1.165) is 5.56 Å². The number of halogens is 3. The zero-order valence-corrected chi connectivity index (χ0v) is 14.5. The molecule has 0 fully saturated rings. The van der Waals surface area contributed by atoms with Crippen molar-refractivity contribution in [1.29, 1.82) is 0 Å². The van der Waals surface area contributed by atoms with Crippen molar-refractivity contribution in [1.82, 2.24) is 5.32 Å². The lowest BCUT2D eigenvalue weighted by molar-refractivity contribution is -0.123. The fourth-order valence-corrected chi connectivity index (χ4v) is 3.06. The van der Waals surface area contributed by atoms with Gasteiger partial charge in [-0.25, -0.2) is 0 Å². The molecule has 134 valence electrons. The van der Waals surface area contributed by atoms with E-state index in [9.17, 15) is 22.8 Å². The van der Waals surface area contributed by atoms with Gasteiger partial charge in [-0.1, -0.05) is 13.0 Å². The number of carbonyl (C=O) groups is 2. The maximum atomic E-state index is 12.4. The molecule has 0 atom stereocenters. The van der Waals surface area contributed by atoms with Gasteiger partial charge in [-0.2, -0.15) is 13.2 Å². The van der Waals surface area contributed by atoms with Crippen molar-refractivity contribution in [3.05, 3.63) is 51.2 Å². The van der Waals surface area contributed by atoms with Gasteiger partial charge in [0, 0.05) is 11.3 Å². The van der Waals surface area contributed by atoms with Crippen molar-refractivity contribution in [3.8, 4) is 0 Å². The van der Waals surface area contributed by atoms with Crippen LogP contribution in [0.25, 0.3) is 0 Å². The molecular weight excluding hydrogens is 353 g/mol. The van der Waals surface area contributed by atoms with Crippen molar-refractivity contribution >= 4 is 28.8 Å². The lowest BCUT2D eigenvalue weighted by Crippen LogP contribution is -2.33. The van der Waals surface area contributed by atoms with Gasteiger partial charge >= 0.3 is 6.18 Å². The molecule has 0 saturated heterocycles. The number of aryl methyl sites for hydroxylation is 2. The molecule has 1 aromatic carbocycles. The van der Waals surface area contributed by atoms with Crippen LogP contribution < -0.4 is 10.6 Å². The van der Waals surface area contributed by atoms with Gasteiger partial charge in [0.1, 0.15) is 6.54 Å². The van der Waals surface area contributed by atoms with E-state index < -0.39 is 18.6 Å². The van der Waals surface area contributed by atoms with Crippen LogP contribution in [0.3, 0.4) is 0 Å². The lowest BCUT2D eigenvalue weighted by Gasteiger charge is -2.12. The average Bonchev–Trinajstić information content (AvgIpc) is 3.02. The highest BCUT2D eigenvalue weighted by Crippen LogP contribution is 2.22. The Morgan fingerprint density at radius 3 is 2.52 bits per heavy atom. The van der Waals surface area contributed by atoms with Crippen molar-refractivity contribution in [2.24, 2.45) is 0 Å². The minimum Gasteiger partial charge on any atom is -0.343 e. The van der Waals surface area contributed by atoms with Gasteiger partial charge in [-0.3, -0.25) is 9.59 Å². The number of rotatable bonds is 5. The number of alkyl halides is 3. The van der Waals surface area contributed by atoms with Crippen LogP contribution in [0.15, 0.2) is 29.6 Å². The Bertz CT molecular complexity index is 784. The first kappa shape index (κ1) is 19.0. The molecule has 0 unspecified atom stereocenters. The topological polar surface area (TPSA) is 58.2 Å². The van der Waals surface area contributed by atoms with Crippen LogP contribution in [-0.4, -0.2) is 24.5 Å². The largest absolute Gasteiger partial charge is 0.405 e. The third-order valence-corrected chi connectivity index (χ3v) is 4.49. The van der Waals surface area contributed by atoms with Crippen LogP contribution in [0.4, 0.5) is 18.9 Å². The molecule has 25 heavy (non-hydrogen) atoms. The minimum atomic E-state index is -4.48. The van der Waals surface area contributed by atoms with Crippen molar-refractivity contribution in [3.63, 3.8) is 0 Å². The molecule has 0 saturated carbocycles. The number of carbonyl (C=O) groups excluding carboxylic acids is 2. The second-order valence-corrected chi connectivity index (χ2v) is 6.33.